The van der Waals surface area contributed by atoms with Gasteiger partial charge in [0.15, 0.2) is 4.67 Å². The van der Waals surface area contributed by atoms with E-state index in [0.717, 1.165) is 25.7 Å². The van der Waals surface area contributed by atoms with E-state index in [0.29, 0.717) is 27.6 Å². The zero-order chi connectivity index (χ0) is 17.4. The van der Waals surface area contributed by atoms with Crippen LogP contribution in [-0.4, -0.2) is 26.8 Å². The minimum absolute atomic E-state index is 0.0114. The molecular formula is C17H19BrN4O3. The van der Waals surface area contributed by atoms with Crippen LogP contribution in [0.25, 0.3) is 0 Å². The van der Waals surface area contributed by atoms with Gasteiger partial charge in [-0.3, -0.25) is 0 Å². The van der Waals surface area contributed by atoms with E-state index >= 15 is 0 Å². The van der Waals surface area contributed by atoms with E-state index in [9.17, 15) is 4.79 Å². The highest BCUT2D eigenvalue weighted by Crippen LogP contribution is 2.37. The maximum absolute atomic E-state index is 13.0. The molecule has 0 bridgehead atoms. The summed E-state index contributed by atoms with van der Waals surface area (Å²) in [5, 5.41) is 7.39. The van der Waals surface area contributed by atoms with Crippen LogP contribution >= 0.6 is 15.9 Å². The molecule has 132 valence electrons. The topological polar surface area (TPSA) is 82.2 Å². The number of esters is 1. The Kier molecular flexibility index (Phi) is 4.37. The van der Waals surface area contributed by atoms with Crippen molar-refractivity contribution < 1.29 is 13.9 Å². The lowest BCUT2D eigenvalue weighted by molar-refractivity contribution is -0.146. The molecule has 0 spiro atoms. The lowest BCUT2D eigenvalue weighted by Crippen LogP contribution is -2.31. The number of rotatable bonds is 3. The number of allylic oxidation sites excluding steroid dienone is 1. The second-order valence-corrected chi connectivity index (χ2v) is 7.18. The summed E-state index contributed by atoms with van der Waals surface area (Å²) in [6.45, 7) is 1.85. The lowest BCUT2D eigenvalue weighted by Gasteiger charge is -2.28. The summed E-state index contributed by atoms with van der Waals surface area (Å²) in [5.41, 5.74) is 1.21. The summed E-state index contributed by atoms with van der Waals surface area (Å²) < 4.78 is 13.8. The lowest BCUT2D eigenvalue weighted by atomic mass is 9.97. The number of nitrogens with zero attached hydrogens (tertiary/aromatic N) is 3. The van der Waals surface area contributed by atoms with Gasteiger partial charge in [0.2, 0.25) is 5.95 Å². The quantitative estimate of drug-likeness (QED) is 0.780. The Bertz CT molecular complexity index is 819. The van der Waals surface area contributed by atoms with Gasteiger partial charge in [-0.2, -0.15) is 10.1 Å². The van der Waals surface area contributed by atoms with Crippen molar-refractivity contribution in [3.8, 4) is 0 Å². The van der Waals surface area contributed by atoms with Crippen molar-refractivity contribution in [1.82, 2.24) is 14.8 Å². The molecule has 1 aliphatic carbocycles. The van der Waals surface area contributed by atoms with Crippen LogP contribution in [0.3, 0.4) is 0 Å². The van der Waals surface area contributed by atoms with Crippen LogP contribution in [0.4, 0.5) is 5.95 Å². The van der Waals surface area contributed by atoms with E-state index in [4.69, 9.17) is 9.15 Å². The molecule has 2 aliphatic rings. The first-order valence-corrected chi connectivity index (χ1v) is 9.26. The first-order chi connectivity index (χ1) is 12.1. The molecule has 1 saturated carbocycles. The number of carbonyl (C=O) groups excluding carboxylic acids is 1. The summed E-state index contributed by atoms with van der Waals surface area (Å²) in [6, 6.07) is 3.13. The Morgan fingerprint density at radius 3 is 2.88 bits per heavy atom. The molecule has 25 heavy (non-hydrogen) atoms. The zero-order valence-electron chi connectivity index (χ0n) is 13.9. The van der Waals surface area contributed by atoms with Gasteiger partial charge in [0.25, 0.3) is 0 Å². The van der Waals surface area contributed by atoms with Gasteiger partial charge in [-0.25, -0.2) is 9.48 Å². The van der Waals surface area contributed by atoms with Crippen LogP contribution in [0.15, 0.2) is 38.8 Å². The van der Waals surface area contributed by atoms with Crippen molar-refractivity contribution in [2.24, 2.45) is 0 Å². The number of anilines is 1. The number of ether oxygens (including phenoxy) is 1. The standard InChI is InChI=1S/C17H19BrN4O3/c1-10-14(16(23)24-11-5-3-2-4-6-11)15(12-7-8-13(18)25-12)22-17(21-10)19-9-20-22/h7-9,11,15H,2-6H2,1H3,(H,19,20,21). The Morgan fingerprint density at radius 1 is 1.36 bits per heavy atom. The Hall–Kier alpha value is -2.09. The minimum Gasteiger partial charge on any atom is -0.459 e. The number of aromatic nitrogens is 3. The van der Waals surface area contributed by atoms with E-state index in [1.54, 1.807) is 10.7 Å². The number of hydrogen-bond acceptors (Lipinski definition) is 6. The van der Waals surface area contributed by atoms with Crippen LogP contribution in [0.2, 0.25) is 0 Å². The van der Waals surface area contributed by atoms with Crippen LogP contribution in [0.1, 0.15) is 50.8 Å². The molecule has 7 nitrogen and oxygen atoms in total. The summed E-state index contributed by atoms with van der Waals surface area (Å²) in [5.74, 6) is 0.856. The average molecular weight is 407 g/mol. The molecule has 4 rings (SSSR count). The van der Waals surface area contributed by atoms with Crippen molar-refractivity contribution in [2.75, 3.05) is 5.32 Å². The van der Waals surface area contributed by atoms with Crippen molar-refractivity contribution >= 4 is 27.8 Å². The normalized spacial score (nSPS) is 21.0. The van der Waals surface area contributed by atoms with E-state index in [2.05, 4.69) is 31.3 Å². The summed E-state index contributed by atoms with van der Waals surface area (Å²) in [4.78, 5) is 17.2. The molecular weight excluding hydrogens is 388 g/mol. The average Bonchev–Trinajstić information content (AvgIpc) is 3.23. The molecule has 3 heterocycles. The molecule has 1 aliphatic heterocycles. The predicted octanol–water partition coefficient (Wildman–Crippen LogP) is 3.80. The van der Waals surface area contributed by atoms with Gasteiger partial charge >= 0.3 is 5.97 Å². The number of nitrogens with one attached hydrogen (secondary N) is 1. The third-order valence-electron chi connectivity index (χ3n) is 4.70. The predicted molar refractivity (Wildman–Crippen MR) is 93.9 cm³/mol. The third-order valence-corrected chi connectivity index (χ3v) is 5.13. The van der Waals surface area contributed by atoms with Gasteiger partial charge in [0.1, 0.15) is 24.2 Å². The van der Waals surface area contributed by atoms with Crippen LogP contribution in [-0.2, 0) is 9.53 Å². The Morgan fingerprint density at radius 2 is 2.16 bits per heavy atom. The molecule has 0 radical (unpaired) electrons. The highest BCUT2D eigenvalue weighted by molar-refractivity contribution is 9.10. The Balaban J connectivity index is 1.68. The van der Waals surface area contributed by atoms with Gasteiger partial charge in [-0.05, 0) is 60.7 Å². The van der Waals surface area contributed by atoms with E-state index in [1.165, 1.54) is 12.7 Å². The van der Waals surface area contributed by atoms with Gasteiger partial charge in [0, 0.05) is 5.70 Å². The highest BCUT2D eigenvalue weighted by atomic mass is 79.9. The maximum atomic E-state index is 13.0. The molecule has 1 fully saturated rings. The molecule has 1 unspecified atom stereocenters. The number of carbonyl (C=O) groups is 1. The fraction of sp³-hybridized carbons (Fsp3) is 0.471. The first-order valence-electron chi connectivity index (χ1n) is 8.47. The van der Waals surface area contributed by atoms with Crippen molar-refractivity contribution in [3.05, 3.63) is 40.2 Å². The third kappa shape index (κ3) is 3.10. The van der Waals surface area contributed by atoms with Crippen molar-refractivity contribution in [3.63, 3.8) is 0 Å². The second-order valence-electron chi connectivity index (χ2n) is 6.40. The monoisotopic (exact) mass is 406 g/mol. The smallest absolute Gasteiger partial charge is 0.338 e. The van der Waals surface area contributed by atoms with Crippen LogP contribution in [0.5, 0.6) is 0 Å². The fourth-order valence-corrected chi connectivity index (χ4v) is 3.81. The second kappa shape index (κ2) is 6.67. The summed E-state index contributed by atoms with van der Waals surface area (Å²) in [6.07, 6.45) is 6.72. The highest BCUT2D eigenvalue weighted by Gasteiger charge is 2.37. The van der Waals surface area contributed by atoms with E-state index in [-0.39, 0.29) is 12.1 Å². The summed E-state index contributed by atoms with van der Waals surface area (Å²) >= 11 is 3.32. The number of hydrogen-bond donors (Lipinski definition) is 1. The molecule has 2 aromatic heterocycles. The molecule has 0 aromatic carbocycles. The molecule has 1 N–H and O–H groups in total. The van der Waals surface area contributed by atoms with Gasteiger partial charge in [-0.15, -0.1) is 0 Å². The molecule has 0 saturated heterocycles. The number of halogens is 1. The van der Waals surface area contributed by atoms with Crippen molar-refractivity contribution in [1.29, 1.82) is 0 Å². The Labute approximate surface area is 153 Å². The largest absolute Gasteiger partial charge is 0.459 e. The van der Waals surface area contributed by atoms with Crippen LogP contribution in [0, 0.1) is 0 Å². The SMILES string of the molecule is CC1=C(C(=O)OC2CCCCC2)C(c2ccc(Br)o2)n2ncnc2N1. The molecule has 0 amide bonds. The van der Waals surface area contributed by atoms with E-state index in [1.807, 2.05) is 13.0 Å². The van der Waals surface area contributed by atoms with E-state index < -0.39 is 6.04 Å². The maximum Gasteiger partial charge on any atom is 0.338 e. The zero-order valence-corrected chi connectivity index (χ0v) is 15.5. The van der Waals surface area contributed by atoms with Gasteiger partial charge < -0.3 is 14.5 Å². The summed E-state index contributed by atoms with van der Waals surface area (Å²) in [7, 11) is 0. The molecule has 1 atom stereocenters. The van der Waals surface area contributed by atoms with Gasteiger partial charge in [0.05, 0.1) is 5.57 Å². The number of fused-ring (bicyclic) bond motifs is 1. The molecule has 2 aromatic rings. The van der Waals surface area contributed by atoms with Gasteiger partial charge in [-0.1, -0.05) is 6.42 Å². The number of furan rings is 1. The van der Waals surface area contributed by atoms with Crippen LogP contribution < -0.4 is 5.32 Å². The molecule has 8 heteroatoms. The fourth-order valence-electron chi connectivity index (χ4n) is 3.49. The first kappa shape index (κ1) is 16.4. The van der Waals surface area contributed by atoms with Crippen molar-refractivity contribution in [2.45, 2.75) is 51.2 Å². The minimum atomic E-state index is -0.499.